The zero-order chi connectivity index (χ0) is 19.4. The van der Waals surface area contributed by atoms with E-state index in [4.69, 9.17) is 4.42 Å². The quantitative estimate of drug-likeness (QED) is 0.823. The second kappa shape index (κ2) is 8.30. The van der Waals surface area contributed by atoms with Crippen molar-refractivity contribution in [2.75, 3.05) is 20.1 Å². The molecule has 8 heteroatoms. The lowest BCUT2D eigenvalue weighted by molar-refractivity contribution is -0.139. The smallest absolute Gasteiger partial charge is 0.247 e. The SMILES string of the molecule is CC(C)N1CCNC(=O)[C@H]1CC(=O)N(C)Cc1nnc(-c2ccccc2)o1. The maximum atomic E-state index is 12.6. The Kier molecular flexibility index (Phi) is 5.85. The lowest BCUT2D eigenvalue weighted by Crippen LogP contribution is -2.58. The van der Waals surface area contributed by atoms with Gasteiger partial charge in [-0.05, 0) is 26.0 Å². The normalized spacial score (nSPS) is 17.8. The number of nitrogens with zero attached hydrogens (tertiary/aromatic N) is 4. The van der Waals surface area contributed by atoms with Crippen LogP contribution in [0.4, 0.5) is 0 Å². The van der Waals surface area contributed by atoms with E-state index < -0.39 is 6.04 Å². The Morgan fingerprint density at radius 2 is 2.07 bits per heavy atom. The van der Waals surface area contributed by atoms with Crippen molar-refractivity contribution in [2.24, 2.45) is 0 Å². The molecule has 0 radical (unpaired) electrons. The van der Waals surface area contributed by atoms with Gasteiger partial charge in [-0.2, -0.15) is 0 Å². The number of carbonyl (C=O) groups excluding carboxylic acids is 2. The van der Waals surface area contributed by atoms with E-state index in [9.17, 15) is 9.59 Å². The number of amides is 2. The van der Waals surface area contributed by atoms with Gasteiger partial charge in [0, 0.05) is 31.7 Å². The van der Waals surface area contributed by atoms with E-state index in [1.807, 2.05) is 44.2 Å². The fourth-order valence-corrected chi connectivity index (χ4v) is 3.19. The van der Waals surface area contributed by atoms with Gasteiger partial charge in [0.25, 0.3) is 0 Å². The summed E-state index contributed by atoms with van der Waals surface area (Å²) in [6, 6.07) is 9.21. The van der Waals surface area contributed by atoms with Crippen molar-refractivity contribution in [1.82, 2.24) is 25.3 Å². The molecule has 2 amide bonds. The maximum absolute atomic E-state index is 12.6. The highest BCUT2D eigenvalue weighted by atomic mass is 16.4. The summed E-state index contributed by atoms with van der Waals surface area (Å²) < 4.78 is 5.66. The summed E-state index contributed by atoms with van der Waals surface area (Å²) in [6.07, 6.45) is 0.125. The Bertz CT molecular complexity index is 790. The molecule has 1 atom stereocenters. The maximum Gasteiger partial charge on any atom is 0.247 e. The number of aromatic nitrogens is 2. The van der Waals surface area contributed by atoms with Crippen molar-refractivity contribution in [3.63, 3.8) is 0 Å². The zero-order valence-corrected chi connectivity index (χ0v) is 15.9. The van der Waals surface area contributed by atoms with Crippen LogP contribution in [0.1, 0.15) is 26.2 Å². The molecule has 3 rings (SSSR count). The molecule has 1 aromatic heterocycles. The van der Waals surface area contributed by atoms with Gasteiger partial charge in [0.2, 0.25) is 23.6 Å². The van der Waals surface area contributed by atoms with E-state index in [1.165, 1.54) is 4.90 Å². The fourth-order valence-electron chi connectivity index (χ4n) is 3.19. The summed E-state index contributed by atoms with van der Waals surface area (Å²) >= 11 is 0. The number of nitrogens with one attached hydrogen (secondary N) is 1. The number of hydrogen-bond donors (Lipinski definition) is 1. The summed E-state index contributed by atoms with van der Waals surface area (Å²) in [6.45, 7) is 5.62. The van der Waals surface area contributed by atoms with E-state index in [0.717, 1.165) is 12.1 Å². The molecule has 1 aliphatic rings. The predicted molar refractivity (Wildman–Crippen MR) is 99.5 cm³/mol. The molecular formula is C19H25N5O3. The molecule has 1 fully saturated rings. The standard InChI is InChI=1S/C19H25N5O3/c1-13(2)24-10-9-20-18(26)15(24)11-17(25)23(3)12-16-21-22-19(27-16)14-7-5-4-6-8-14/h4-8,13,15H,9-12H2,1-3H3,(H,20,26)/t15-/m1/s1. The molecule has 2 heterocycles. The van der Waals surface area contributed by atoms with Gasteiger partial charge in [0.05, 0.1) is 19.0 Å². The molecule has 2 aromatic rings. The molecule has 0 bridgehead atoms. The summed E-state index contributed by atoms with van der Waals surface area (Å²) in [5, 5.41) is 10.9. The first-order valence-electron chi connectivity index (χ1n) is 9.11. The van der Waals surface area contributed by atoms with Gasteiger partial charge in [0.15, 0.2) is 0 Å². The van der Waals surface area contributed by atoms with Gasteiger partial charge in [-0.1, -0.05) is 18.2 Å². The molecule has 0 saturated carbocycles. The first kappa shape index (κ1) is 19.0. The number of benzene rings is 1. The van der Waals surface area contributed by atoms with E-state index in [1.54, 1.807) is 7.05 Å². The van der Waals surface area contributed by atoms with Gasteiger partial charge >= 0.3 is 0 Å². The highest BCUT2D eigenvalue weighted by Crippen LogP contribution is 2.18. The minimum atomic E-state index is -0.448. The van der Waals surface area contributed by atoms with Gasteiger partial charge in [-0.3, -0.25) is 14.5 Å². The van der Waals surface area contributed by atoms with E-state index in [-0.39, 0.29) is 30.8 Å². The predicted octanol–water partition coefficient (Wildman–Crippen LogP) is 1.29. The van der Waals surface area contributed by atoms with Crippen LogP contribution in [0.3, 0.4) is 0 Å². The number of hydrogen-bond acceptors (Lipinski definition) is 6. The molecule has 0 spiro atoms. The van der Waals surface area contributed by atoms with Gasteiger partial charge in [-0.15, -0.1) is 10.2 Å². The van der Waals surface area contributed by atoms with Crippen molar-refractivity contribution >= 4 is 11.8 Å². The zero-order valence-electron chi connectivity index (χ0n) is 15.9. The van der Waals surface area contributed by atoms with Crippen LogP contribution in [-0.2, 0) is 16.1 Å². The summed E-state index contributed by atoms with van der Waals surface area (Å²) in [4.78, 5) is 28.4. The van der Waals surface area contributed by atoms with Crippen molar-refractivity contribution in [3.8, 4) is 11.5 Å². The Labute approximate surface area is 158 Å². The Morgan fingerprint density at radius 1 is 1.33 bits per heavy atom. The van der Waals surface area contributed by atoms with E-state index in [2.05, 4.69) is 20.4 Å². The molecule has 1 N–H and O–H groups in total. The molecule has 0 aliphatic carbocycles. The number of rotatable bonds is 6. The van der Waals surface area contributed by atoms with Crippen LogP contribution in [0, 0.1) is 0 Å². The summed E-state index contributed by atoms with van der Waals surface area (Å²) in [5.74, 6) is 0.547. The van der Waals surface area contributed by atoms with Crippen molar-refractivity contribution in [2.45, 2.75) is 38.9 Å². The van der Waals surface area contributed by atoms with Crippen LogP contribution in [0.25, 0.3) is 11.5 Å². The van der Waals surface area contributed by atoms with Gasteiger partial charge in [-0.25, -0.2) is 0 Å². The summed E-state index contributed by atoms with van der Waals surface area (Å²) in [5.41, 5.74) is 0.830. The molecule has 8 nitrogen and oxygen atoms in total. The lowest BCUT2D eigenvalue weighted by atomic mass is 10.1. The molecule has 1 aliphatic heterocycles. The average molecular weight is 371 g/mol. The highest BCUT2D eigenvalue weighted by molar-refractivity contribution is 5.88. The highest BCUT2D eigenvalue weighted by Gasteiger charge is 2.33. The second-order valence-electron chi connectivity index (χ2n) is 6.96. The van der Waals surface area contributed by atoms with Crippen LogP contribution in [-0.4, -0.2) is 64.0 Å². The third-order valence-corrected chi connectivity index (χ3v) is 4.69. The average Bonchev–Trinajstić information content (AvgIpc) is 3.12. The van der Waals surface area contributed by atoms with Crippen molar-refractivity contribution < 1.29 is 14.0 Å². The summed E-state index contributed by atoms with van der Waals surface area (Å²) in [7, 11) is 1.68. The molecule has 1 aromatic carbocycles. The van der Waals surface area contributed by atoms with Crippen LogP contribution < -0.4 is 5.32 Å². The second-order valence-corrected chi connectivity index (χ2v) is 6.96. The molecule has 27 heavy (non-hydrogen) atoms. The van der Waals surface area contributed by atoms with Crippen LogP contribution >= 0.6 is 0 Å². The van der Waals surface area contributed by atoms with Crippen LogP contribution in [0.15, 0.2) is 34.7 Å². The largest absolute Gasteiger partial charge is 0.419 e. The molecule has 1 saturated heterocycles. The molecule has 144 valence electrons. The van der Waals surface area contributed by atoms with E-state index in [0.29, 0.717) is 18.3 Å². The van der Waals surface area contributed by atoms with Gasteiger partial charge in [0.1, 0.15) is 0 Å². The Hall–Kier alpha value is -2.74. The molecular weight excluding hydrogens is 346 g/mol. The fraction of sp³-hybridized carbons (Fsp3) is 0.474. The third-order valence-electron chi connectivity index (χ3n) is 4.69. The minimum absolute atomic E-state index is 0.0964. The van der Waals surface area contributed by atoms with Crippen LogP contribution in [0.2, 0.25) is 0 Å². The Morgan fingerprint density at radius 3 is 2.78 bits per heavy atom. The van der Waals surface area contributed by atoms with E-state index >= 15 is 0 Å². The topological polar surface area (TPSA) is 91.6 Å². The first-order chi connectivity index (χ1) is 13.0. The van der Waals surface area contributed by atoms with Crippen LogP contribution in [0.5, 0.6) is 0 Å². The number of piperazine rings is 1. The first-order valence-corrected chi connectivity index (χ1v) is 9.11. The number of carbonyl (C=O) groups is 2. The van der Waals surface area contributed by atoms with Crippen molar-refractivity contribution in [1.29, 1.82) is 0 Å². The molecule has 0 unspecified atom stereocenters. The lowest BCUT2D eigenvalue weighted by Gasteiger charge is -2.37. The monoisotopic (exact) mass is 371 g/mol. The third kappa shape index (κ3) is 4.51. The Balaban J connectivity index is 1.62. The van der Waals surface area contributed by atoms with Crippen molar-refractivity contribution in [3.05, 3.63) is 36.2 Å². The minimum Gasteiger partial charge on any atom is -0.419 e. The van der Waals surface area contributed by atoms with Gasteiger partial charge < -0.3 is 14.6 Å².